The highest BCUT2D eigenvalue weighted by Crippen LogP contribution is 2.23. The molecule has 2 unspecified atom stereocenters. The fourth-order valence-corrected chi connectivity index (χ4v) is 3.78. The van der Waals surface area contributed by atoms with Gasteiger partial charge in [0.25, 0.3) is 0 Å². The predicted octanol–water partition coefficient (Wildman–Crippen LogP) is 4.36. The van der Waals surface area contributed by atoms with Crippen molar-refractivity contribution in [2.75, 3.05) is 0 Å². The highest BCUT2D eigenvalue weighted by molar-refractivity contribution is 6.10. The predicted molar refractivity (Wildman–Crippen MR) is 124 cm³/mol. The molecule has 0 aliphatic rings. The lowest BCUT2D eigenvalue weighted by molar-refractivity contribution is -0.200. The van der Waals surface area contributed by atoms with Gasteiger partial charge in [-0.15, -0.1) is 6.58 Å². The summed E-state index contributed by atoms with van der Waals surface area (Å²) in [5.74, 6) is -1.66. The van der Waals surface area contributed by atoms with Crippen molar-refractivity contribution in [3.63, 3.8) is 0 Å². The molecule has 0 saturated heterocycles. The minimum absolute atomic E-state index is 0.0661. The highest BCUT2D eigenvalue weighted by Gasteiger charge is 2.51. The molecule has 0 amide bonds. The van der Waals surface area contributed by atoms with Crippen LogP contribution in [0.5, 0.6) is 0 Å². The number of aliphatic hydroxyl groups excluding tert-OH is 2. The second-order valence-electron chi connectivity index (χ2n) is 8.64. The van der Waals surface area contributed by atoms with E-state index in [0.29, 0.717) is 12.8 Å². The molecule has 0 rings (SSSR count). The number of Topliss-reactive ketones (excluding diaryl/α,β-unsaturated/α-hetero) is 2. The van der Waals surface area contributed by atoms with Crippen LogP contribution in [0.25, 0.3) is 0 Å². The van der Waals surface area contributed by atoms with Crippen molar-refractivity contribution in [2.24, 2.45) is 0 Å². The lowest BCUT2D eigenvalue weighted by atomic mass is 9.82. The number of ketones is 2. The van der Waals surface area contributed by atoms with Gasteiger partial charge >= 0.3 is 0 Å². The molecule has 2 atom stereocenters. The molecule has 0 aromatic heterocycles. The molecule has 0 aromatic rings. The van der Waals surface area contributed by atoms with Gasteiger partial charge in [0.1, 0.15) is 6.10 Å². The van der Waals surface area contributed by atoms with E-state index in [2.05, 4.69) is 13.5 Å². The van der Waals surface area contributed by atoms with Crippen LogP contribution in [0.4, 0.5) is 0 Å². The molecule has 182 valence electrons. The van der Waals surface area contributed by atoms with Crippen LogP contribution in [0.2, 0.25) is 0 Å². The summed E-state index contributed by atoms with van der Waals surface area (Å²) in [5.41, 5.74) is -2.75. The average Bonchev–Trinajstić information content (AvgIpc) is 2.75. The quantitative estimate of drug-likeness (QED) is 0.0857. The normalized spacial score (nSPS) is 14.4. The van der Waals surface area contributed by atoms with E-state index in [1.807, 2.05) is 6.08 Å². The summed E-state index contributed by atoms with van der Waals surface area (Å²) in [6.07, 6.45) is 11.8. The van der Waals surface area contributed by atoms with Gasteiger partial charge in [0.2, 0.25) is 5.60 Å². The summed E-state index contributed by atoms with van der Waals surface area (Å²) < 4.78 is 0. The molecule has 0 aromatic carbocycles. The second-order valence-corrected chi connectivity index (χ2v) is 8.64. The Morgan fingerprint density at radius 2 is 1.13 bits per heavy atom. The minimum Gasteiger partial charge on any atom is -0.384 e. The SMILES string of the molecule is C=CCCCCCCCC(=O)C(O)(C(=O)CCCCCCCCCCC)C(O)C(O)O. The van der Waals surface area contributed by atoms with E-state index in [4.69, 9.17) is 0 Å². The third kappa shape index (κ3) is 12.5. The third-order valence-corrected chi connectivity index (χ3v) is 5.88. The zero-order valence-corrected chi connectivity index (χ0v) is 19.6. The molecule has 0 heterocycles. The fourth-order valence-electron chi connectivity index (χ4n) is 3.78. The number of unbranched alkanes of at least 4 members (excludes halogenated alkanes) is 13. The first-order chi connectivity index (χ1) is 14.8. The van der Waals surface area contributed by atoms with Crippen LogP contribution >= 0.6 is 0 Å². The average molecular weight is 443 g/mol. The highest BCUT2D eigenvalue weighted by atomic mass is 16.5. The summed E-state index contributed by atoms with van der Waals surface area (Å²) in [6.45, 7) is 5.85. The number of hydrogen-bond acceptors (Lipinski definition) is 6. The number of carbonyl (C=O) groups is 2. The van der Waals surface area contributed by atoms with E-state index in [9.17, 15) is 30.0 Å². The molecule has 6 nitrogen and oxygen atoms in total. The summed E-state index contributed by atoms with van der Waals surface area (Å²) in [7, 11) is 0. The Morgan fingerprint density at radius 1 is 0.742 bits per heavy atom. The maximum absolute atomic E-state index is 12.6. The molecular weight excluding hydrogens is 396 g/mol. The van der Waals surface area contributed by atoms with E-state index in [0.717, 1.165) is 51.4 Å². The maximum Gasteiger partial charge on any atom is 0.212 e. The van der Waals surface area contributed by atoms with Crippen molar-refractivity contribution in [3.8, 4) is 0 Å². The third-order valence-electron chi connectivity index (χ3n) is 5.88. The smallest absolute Gasteiger partial charge is 0.212 e. The molecule has 6 heteroatoms. The fraction of sp³-hybridized carbons (Fsp3) is 0.840. The zero-order chi connectivity index (χ0) is 23.5. The number of carbonyl (C=O) groups excluding carboxylic acids is 2. The topological polar surface area (TPSA) is 115 Å². The van der Waals surface area contributed by atoms with E-state index in [1.54, 1.807) is 0 Å². The van der Waals surface area contributed by atoms with Gasteiger partial charge in [-0.2, -0.15) is 0 Å². The van der Waals surface area contributed by atoms with Crippen LogP contribution in [0.15, 0.2) is 12.7 Å². The van der Waals surface area contributed by atoms with Gasteiger partial charge in [-0.25, -0.2) is 0 Å². The van der Waals surface area contributed by atoms with E-state index in [1.165, 1.54) is 32.1 Å². The second kappa shape index (κ2) is 18.5. The van der Waals surface area contributed by atoms with Gasteiger partial charge in [0.05, 0.1) is 0 Å². The largest absolute Gasteiger partial charge is 0.384 e. The zero-order valence-electron chi connectivity index (χ0n) is 19.6. The summed E-state index contributed by atoms with van der Waals surface area (Å²) >= 11 is 0. The van der Waals surface area contributed by atoms with Crippen molar-refractivity contribution in [1.82, 2.24) is 0 Å². The molecule has 0 radical (unpaired) electrons. The molecule has 4 N–H and O–H groups in total. The van der Waals surface area contributed by atoms with Gasteiger partial charge in [-0.3, -0.25) is 9.59 Å². The number of hydrogen-bond donors (Lipinski definition) is 4. The maximum atomic E-state index is 12.6. The Balaban J connectivity index is 4.45. The van der Waals surface area contributed by atoms with Crippen LogP contribution in [0.3, 0.4) is 0 Å². The first kappa shape index (κ1) is 29.9. The monoisotopic (exact) mass is 442 g/mol. The summed E-state index contributed by atoms with van der Waals surface area (Å²) in [6, 6.07) is 0. The molecular formula is C25H46O6. The van der Waals surface area contributed by atoms with Crippen molar-refractivity contribution in [1.29, 1.82) is 0 Å². The number of aliphatic hydroxyl groups is 4. The molecule has 0 aliphatic carbocycles. The lowest BCUT2D eigenvalue weighted by Gasteiger charge is -2.31. The Kier molecular flexibility index (Phi) is 17.8. The van der Waals surface area contributed by atoms with Crippen LogP contribution in [0, 0.1) is 0 Å². The van der Waals surface area contributed by atoms with E-state index in [-0.39, 0.29) is 12.8 Å². The van der Waals surface area contributed by atoms with Crippen molar-refractivity contribution in [2.45, 2.75) is 134 Å². The van der Waals surface area contributed by atoms with Crippen molar-refractivity contribution >= 4 is 11.6 Å². The molecule has 0 aliphatic heterocycles. The summed E-state index contributed by atoms with van der Waals surface area (Å²) in [4.78, 5) is 25.2. The Hall–Kier alpha value is -1.08. The molecule has 0 fully saturated rings. The number of allylic oxidation sites excluding steroid dienone is 1. The van der Waals surface area contributed by atoms with Crippen LogP contribution in [0.1, 0.15) is 116 Å². The summed E-state index contributed by atoms with van der Waals surface area (Å²) in [5, 5.41) is 39.4. The van der Waals surface area contributed by atoms with Crippen LogP contribution in [-0.4, -0.2) is 50.0 Å². The lowest BCUT2D eigenvalue weighted by Crippen LogP contribution is -2.60. The minimum atomic E-state index is -2.75. The van der Waals surface area contributed by atoms with Gasteiger partial charge in [-0.1, -0.05) is 83.6 Å². The Morgan fingerprint density at radius 3 is 1.52 bits per heavy atom. The first-order valence-corrected chi connectivity index (χ1v) is 12.3. The first-order valence-electron chi connectivity index (χ1n) is 12.3. The van der Waals surface area contributed by atoms with Gasteiger partial charge in [0, 0.05) is 12.8 Å². The van der Waals surface area contributed by atoms with E-state index >= 15 is 0 Å². The van der Waals surface area contributed by atoms with Crippen molar-refractivity contribution in [3.05, 3.63) is 12.7 Å². The van der Waals surface area contributed by atoms with Gasteiger partial charge in [0.15, 0.2) is 17.9 Å². The Bertz CT molecular complexity index is 490. The molecule has 31 heavy (non-hydrogen) atoms. The standard InChI is InChI=1S/C25H46O6/c1-3-5-7-9-11-12-14-16-18-20-22(27)25(31,23(28)24(29)30)21(26)19-17-15-13-10-8-6-4-2/h4,23-24,28-31H,2-3,5-20H2,1H3. The Labute approximate surface area is 188 Å². The number of rotatable bonds is 22. The van der Waals surface area contributed by atoms with Gasteiger partial charge in [-0.05, 0) is 25.7 Å². The molecule has 0 spiro atoms. The van der Waals surface area contributed by atoms with Crippen molar-refractivity contribution < 1.29 is 30.0 Å². The molecule has 0 bridgehead atoms. The van der Waals surface area contributed by atoms with Crippen LogP contribution < -0.4 is 0 Å². The molecule has 0 saturated carbocycles. The van der Waals surface area contributed by atoms with Gasteiger partial charge < -0.3 is 20.4 Å². The van der Waals surface area contributed by atoms with E-state index < -0.39 is 29.6 Å². The van der Waals surface area contributed by atoms with Crippen LogP contribution in [-0.2, 0) is 9.59 Å².